The average Bonchev–Trinajstić information content (AvgIpc) is 2.73. The summed E-state index contributed by atoms with van der Waals surface area (Å²) in [7, 11) is 0. The molecule has 0 N–H and O–H groups in total. The molecule has 3 aromatic rings. The fourth-order valence-corrected chi connectivity index (χ4v) is 4.39. The van der Waals surface area contributed by atoms with Crippen molar-refractivity contribution in [2.75, 3.05) is 19.2 Å². The molecule has 2 atom stereocenters. The van der Waals surface area contributed by atoms with E-state index in [1.807, 2.05) is 66.1 Å². The first-order valence-electron chi connectivity index (χ1n) is 9.12. The van der Waals surface area contributed by atoms with Crippen LogP contribution < -0.4 is 5.56 Å². The lowest BCUT2D eigenvalue weighted by atomic mass is 10.1. The van der Waals surface area contributed by atoms with Gasteiger partial charge in [-0.2, -0.15) is 0 Å². The number of hydrogen-bond donors (Lipinski definition) is 0. The van der Waals surface area contributed by atoms with Crippen LogP contribution in [0.15, 0.2) is 64.5 Å². The van der Waals surface area contributed by atoms with E-state index >= 15 is 0 Å². The van der Waals surface area contributed by atoms with E-state index in [9.17, 15) is 4.79 Å². The highest BCUT2D eigenvalue weighted by Crippen LogP contribution is 2.26. The molecule has 6 heteroatoms. The van der Waals surface area contributed by atoms with Crippen LogP contribution in [0.5, 0.6) is 0 Å². The molecule has 2 aromatic carbocycles. The van der Waals surface area contributed by atoms with Gasteiger partial charge in [-0.3, -0.25) is 9.36 Å². The van der Waals surface area contributed by atoms with Gasteiger partial charge >= 0.3 is 0 Å². The first-order chi connectivity index (χ1) is 13.2. The number of aromatic nitrogens is 2. The Labute approximate surface area is 162 Å². The maximum atomic E-state index is 13.3. The largest absolute Gasteiger partial charge is 0.355 e. The Kier molecular flexibility index (Phi) is 5.57. The van der Waals surface area contributed by atoms with Crippen molar-refractivity contribution in [2.24, 2.45) is 0 Å². The second-order valence-corrected chi connectivity index (χ2v) is 7.57. The zero-order valence-electron chi connectivity index (χ0n) is 15.2. The molecule has 140 valence electrons. The third-order valence-corrected chi connectivity index (χ3v) is 5.90. The second-order valence-electron chi connectivity index (χ2n) is 6.59. The first-order valence-corrected chi connectivity index (χ1v) is 10.1. The molecule has 2 heterocycles. The predicted molar refractivity (Wildman–Crippen MR) is 107 cm³/mol. The SMILES string of the molecule is C[C@@H](c1ccccc1)n1c(SC[C@@H]2CCOCO2)nc2ccccc2c1=O. The maximum absolute atomic E-state index is 13.3. The summed E-state index contributed by atoms with van der Waals surface area (Å²) in [6, 6.07) is 17.5. The Morgan fingerprint density at radius 1 is 1.19 bits per heavy atom. The van der Waals surface area contributed by atoms with Crippen LogP contribution >= 0.6 is 11.8 Å². The summed E-state index contributed by atoms with van der Waals surface area (Å²) in [6.45, 7) is 3.09. The standard InChI is InChI=1S/C21H22N2O3S/c1-15(16-7-3-2-4-8-16)23-20(24)18-9-5-6-10-19(18)22-21(23)27-13-17-11-12-25-14-26-17/h2-10,15,17H,11-14H2,1H3/t15-,17-/m0/s1. The van der Waals surface area contributed by atoms with Crippen molar-refractivity contribution in [1.29, 1.82) is 0 Å². The summed E-state index contributed by atoms with van der Waals surface area (Å²) in [5.74, 6) is 0.746. The van der Waals surface area contributed by atoms with Crippen LogP contribution in [0.4, 0.5) is 0 Å². The van der Waals surface area contributed by atoms with E-state index in [0.29, 0.717) is 18.8 Å². The van der Waals surface area contributed by atoms with E-state index < -0.39 is 0 Å². The molecule has 0 bridgehead atoms. The fourth-order valence-electron chi connectivity index (χ4n) is 3.25. The van der Waals surface area contributed by atoms with Crippen LogP contribution in [0.25, 0.3) is 10.9 Å². The zero-order valence-corrected chi connectivity index (χ0v) is 16.0. The summed E-state index contributed by atoms with van der Waals surface area (Å²) >= 11 is 1.58. The molecule has 0 saturated carbocycles. The van der Waals surface area contributed by atoms with Gasteiger partial charge in [-0.15, -0.1) is 0 Å². The second kappa shape index (κ2) is 8.25. The van der Waals surface area contributed by atoms with E-state index in [1.54, 1.807) is 11.8 Å². The van der Waals surface area contributed by atoms with Crippen molar-refractivity contribution in [1.82, 2.24) is 9.55 Å². The van der Waals surface area contributed by atoms with Crippen LogP contribution in [0.1, 0.15) is 24.9 Å². The quantitative estimate of drug-likeness (QED) is 0.495. The highest BCUT2D eigenvalue weighted by molar-refractivity contribution is 7.99. The third kappa shape index (κ3) is 3.93. The molecule has 0 unspecified atom stereocenters. The van der Waals surface area contributed by atoms with Crippen LogP contribution in [-0.4, -0.2) is 34.8 Å². The van der Waals surface area contributed by atoms with Gasteiger partial charge < -0.3 is 9.47 Å². The van der Waals surface area contributed by atoms with Gasteiger partial charge in [0.25, 0.3) is 5.56 Å². The maximum Gasteiger partial charge on any atom is 0.262 e. The summed E-state index contributed by atoms with van der Waals surface area (Å²) in [4.78, 5) is 18.1. The van der Waals surface area contributed by atoms with Gasteiger partial charge in [0.15, 0.2) is 5.16 Å². The summed E-state index contributed by atoms with van der Waals surface area (Å²) in [5.41, 5.74) is 1.81. The van der Waals surface area contributed by atoms with Crippen LogP contribution in [0.3, 0.4) is 0 Å². The molecule has 1 fully saturated rings. The number of nitrogens with zero attached hydrogens (tertiary/aromatic N) is 2. The highest BCUT2D eigenvalue weighted by atomic mass is 32.2. The minimum atomic E-state index is -0.103. The minimum absolute atomic E-state index is 0.00708. The Bertz CT molecular complexity index is 968. The van der Waals surface area contributed by atoms with Crippen LogP contribution in [-0.2, 0) is 9.47 Å². The van der Waals surface area contributed by atoms with E-state index in [4.69, 9.17) is 14.5 Å². The van der Waals surface area contributed by atoms with E-state index in [-0.39, 0.29) is 17.7 Å². The normalized spacial score (nSPS) is 18.5. The molecule has 1 aliphatic heterocycles. The molecule has 1 aliphatic rings. The minimum Gasteiger partial charge on any atom is -0.355 e. The number of hydrogen-bond acceptors (Lipinski definition) is 5. The molecule has 0 spiro atoms. The monoisotopic (exact) mass is 382 g/mol. The zero-order chi connectivity index (χ0) is 18.6. The molecule has 0 amide bonds. The van der Waals surface area contributed by atoms with Gasteiger partial charge in [-0.05, 0) is 31.0 Å². The van der Waals surface area contributed by atoms with E-state index in [0.717, 1.165) is 28.4 Å². The summed E-state index contributed by atoms with van der Waals surface area (Å²) < 4.78 is 12.7. The molecule has 1 saturated heterocycles. The molecule has 0 aliphatic carbocycles. The Morgan fingerprint density at radius 3 is 2.74 bits per heavy atom. The summed E-state index contributed by atoms with van der Waals surface area (Å²) in [5, 5.41) is 1.37. The smallest absolute Gasteiger partial charge is 0.262 e. The number of para-hydroxylation sites is 1. The molecule has 0 radical (unpaired) electrons. The van der Waals surface area contributed by atoms with Crippen molar-refractivity contribution in [3.63, 3.8) is 0 Å². The number of fused-ring (bicyclic) bond motifs is 1. The predicted octanol–water partition coefficient (Wildman–Crippen LogP) is 3.86. The Balaban J connectivity index is 1.74. The molecule has 5 nitrogen and oxygen atoms in total. The van der Waals surface area contributed by atoms with Gasteiger partial charge in [0.1, 0.15) is 6.79 Å². The van der Waals surface area contributed by atoms with Crippen molar-refractivity contribution in [2.45, 2.75) is 30.6 Å². The van der Waals surface area contributed by atoms with Gasteiger partial charge in [0, 0.05) is 5.75 Å². The summed E-state index contributed by atoms with van der Waals surface area (Å²) in [6.07, 6.45) is 0.978. The third-order valence-electron chi connectivity index (χ3n) is 4.81. The van der Waals surface area contributed by atoms with Crippen molar-refractivity contribution >= 4 is 22.7 Å². The molecule has 4 rings (SSSR count). The first kappa shape index (κ1) is 18.2. The lowest BCUT2D eigenvalue weighted by Gasteiger charge is -2.24. The van der Waals surface area contributed by atoms with Gasteiger partial charge in [0.05, 0.1) is 29.7 Å². The number of thioether (sulfide) groups is 1. The van der Waals surface area contributed by atoms with Gasteiger partial charge in [-0.1, -0.05) is 54.2 Å². The molecule has 27 heavy (non-hydrogen) atoms. The highest BCUT2D eigenvalue weighted by Gasteiger charge is 2.20. The number of ether oxygens (including phenoxy) is 2. The fraction of sp³-hybridized carbons (Fsp3) is 0.333. The lowest BCUT2D eigenvalue weighted by Crippen LogP contribution is -2.29. The lowest BCUT2D eigenvalue weighted by molar-refractivity contribution is -0.130. The van der Waals surface area contributed by atoms with Crippen molar-refractivity contribution in [3.8, 4) is 0 Å². The van der Waals surface area contributed by atoms with E-state index in [2.05, 4.69) is 0 Å². The van der Waals surface area contributed by atoms with Crippen LogP contribution in [0.2, 0.25) is 0 Å². The molecular formula is C21H22N2O3S. The van der Waals surface area contributed by atoms with E-state index in [1.165, 1.54) is 0 Å². The van der Waals surface area contributed by atoms with Gasteiger partial charge in [-0.25, -0.2) is 4.98 Å². The molecular weight excluding hydrogens is 360 g/mol. The van der Waals surface area contributed by atoms with Crippen molar-refractivity contribution < 1.29 is 9.47 Å². The van der Waals surface area contributed by atoms with Gasteiger partial charge in [0.2, 0.25) is 0 Å². The molecule has 1 aromatic heterocycles. The van der Waals surface area contributed by atoms with Crippen molar-refractivity contribution in [3.05, 3.63) is 70.5 Å². The Morgan fingerprint density at radius 2 is 1.96 bits per heavy atom. The van der Waals surface area contributed by atoms with Crippen LogP contribution in [0, 0.1) is 0 Å². The average molecular weight is 382 g/mol. The number of benzene rings is 2. The topological polar surface area (TPSA) is 53.4 Å². The Hall–Kier alpha value is -2.15. The number of rotatable bonds is 5.